The van der Waals surface area contributed by atoms with Gasteiger partial charge in [-0.25, -0.2) is 0 Å². The van der Waals surface area contributed by atoms with Crippen molar-refractivity contribution in [1.29, 1.82) is 0 Å². The number of methoxy groups -OCH3 is 1. The van der Waals surface area contributed by atoms with Crippen LogP contribution in [0.3, 0.4) is 0 Å². The van der Waals surface area contributed by atoms with Gasteiger partial charge in [0.05, 0.1) is 12.8 Å². The standard InChI is InChI=1S/C16H17BrO4S.C15H15N/c1-11-4-6-14(7-5-11)22(18,19)21-15-9-13(10-17)8-12(2)16(15)20-3;1-2-16-15(13-9-5-3-6-10-13)14-11-7-4-8-12-14/h4-9H,10H2,1-3H3;3-12H,2H2,1H3. The zero-order chi connectivity index (χ0) is 27.5. The lowest BCUT2D eigenvalue weighted by atomic mass is 10.0. The Labute approximate surface area is 234 Å². The summed E-state index contributed by atoms with van der Waals surface area (Å²) in [4.78, 5) is 4.69. The molecule has 0 aromatic heterocycles. The Morgan fingerprint density at radius 3 is 1.87 bits per heavy atom. The highest BCUT2D eigenvalue weighted by atomic mass is 79.9. The fourth-order valence-corrected chi connectivity index (χ4v) is 5.03. The molecule has 0 atom stereocenters. The third kappa shape index (κ3) is 7.79. The van der Waals surface area contributed by atoms with Crippen LogP contribution in [-0.2, 0) is 15.4 Å². The number of hydrogen-bond acceptors (Lipinski definition) is 5. The maximum atomic E-state index is 12.4. The van der Waals surface area contributed by atoms with Crippen LogP contribution in [-0.4, -0.2) is 27.8 Å². The second-order valence-corrected chi connectivity index (χ2v) is 10.6. The van der Waals surface area contributed by atoms with E-state index >= 15 is 0 Å². The van der Waals surface area contributed by atoms with Crippen LogP contribution in [0.4, 0.5) is 0 Å². The second-order valence-electron chi connectivity index (χ2n) is 8.48. The largest absolute Gasteiger partial charge is 0.493 e. The highest BCUT2D eigenvalue weighted by Crippen LogP contribution is 2.35. The Hall–Kier alpha value is -3.42. The predicted octanol–water partition coefficient (Wildman–Crippen LogP) is 7.52. The zero-order valence-corrected chi connectivity index (χ0v) is 24.4. The molecule has 0 radical (unpaired) electrons. The smallest absolute Gasteiger partial charge is 0.339 e. The second kappa shape index (κ2) is 13.9. The minimum Gasteiger partial charge on any atom is -0.493 e. The van der Waals surface area contributed by atoms with Crippen molar-refractivity contribution < 1.29 is 17.3 Å². The summed E-state index contributed by atoms with van der Waals surface area (Å²) in [5, 5.41) is 0.596. The molecule has 38 heavy (non-hydrogen) atoms. The highest BCUT2D eigenvalue weighted by molar-refractivity contribution is 9.08. The molecule has 0 heterocycles. The molecule has 0 aliphatic heterocycles. The summed E-state index contributed by atoms with van der Waals surface area (Å²) in [5.41, 5.74) is 6.13. The topological polar surface area (TPSA) is 65.0 Å². The molecule has 0 amide bonds. The molecule has 4 aromatic carbocycles. The predicted molar refractivity (Wildman–Crippen MR) is 158 cm³/mol. The molecular formula is C31H32BrNO4S. The van der Waals surface area contributed by atoms with Gasteiger partial charge < -0.3 is 8.92 Å². The number of ether oxygens (including phenoxy) is 1. The van der Waals surface area contributed by atoms with Crippen LogP contribution in [0.1, 0.15) is 34.7 Å². The van der Waals surface area contributed by atoms with E-state index in [4.69, 9.17) is 8.92 Å². The SMILES string of the molecule is CCN=C(c1ccccc1)c1ccccc1.COc1c(C)cc(CBr)cc1OS(=O)(=O)c1ccc(C)cc1. The first kappa shape index (κ1) is 29.1. The van der Waals surface area contributed by atoms with Crippen molar-refractivity contribution in [3.8, 4) is 11.5 Å². The molecule has 7 heteroatoms. The van der Waals surface area contributed by atoms with E-state index in [0.717, 1.165) is 28.9 Å². The summed E-state index contributed by atoms with van der Waals surface area (Å²) < 4.78 is 35.4. The molecule has 0 N–H and O–H groups in total. The number of rotatable bonds is 8. The first-order valence-corrected chi connectivity index (χ1v) is 14.7. The molecular weight excluding hydrogens is 562 g/mol. The average molecular weight is 595 g/mol. The van der Waals surface area contributed by atoms with Gasteiger partial charge in [-0.15, -0.1) is 0 Å². The minimum absolute atomic E-state index is 0.113. The highest BCUT2D eigenvalue weighted by Gasteiger charge is 2.20. The maximum Gasteiger partial charge on any atom is 0.339 e. The lowest BCUT2D eigenvalue weighted by Crippen LogP contribution is -2.11. The Kier molecular flexibility index (Phi) is 10.7. The number of aliphatic imine (C=N–C) groups is 1. The summed E-state index contributed by atoms with van der Waals surface area (Å²) >= 11 is 3.36. The molecule has 0 fully saturated rings. The van der Waals surface area contributed by atoms with E-state index in [9.17, 15) is 8.42 Å². The molecule has 0 saturated heterocycles. The number of halogens is 1. The average Bonchev–Trinajstić information content (AvgIpc) is 2.93. The number of nitrogens with zero attached hydrogens (tertiary/aromatic N) is 1. The van der Waals surface area contributed by atoms with Crippen molar-refractivity contribution in [2.75, 3.05) is 13.7 Å². The van der Waals surface area contributed by atoms with Crippen LogP contribution in [0.2, 0.25) is 0 Å². The van der Waals surface area contributed by atoms with Crippen molar-refractivity contribution in [2.24, 2.45) is 4.99 Å². The number of benzene rings is 4. The summed E-state index contributed by atoms with van der Waals surface area (Å²) in [6, 6.07) is 30.7. The summed E-state index contributed by atoms with van der Waals surface area (Å²) in [6.07, 6.45) is 0. The fraction of sp³-hybridized carbons (Fsp3) is 0.194. The van der Waals surface area contributed by atoms with Crippen molar-refractivity contribution in [3.63, 3.8) is 0 Å². The van der Waals surface area contributed by atoms with Gasteiger partial charge in [-0.2, -0.15) is 8.42 Å². The van der Waals surface area contributed by atoms with Crippen molar-refractivity contribution >= 4 is 31.8 Å². The minimum atomic E-state index is -3.90. The molecule has 0 saturated carbocycles. The van der Waals surface area contributed by atoms with Crippen LogP contribution in [0.15, 0.2) is 107 Å². The van der Waals surface area contributed by atoms with E-state index in [2.05, 4.69) is 52.1 Å². The van der Waals surface area contributed by atoms with Gasteiger partial charge in [-0.1, -0.05) is 100 Å². The van der Waals surface area contributed by atoms with E-state index in [-0.39, 0.29) is 10.6 Å². The Morgan fingerprint density at radius 2 is 1.39 bits per heavy atom. The van der Waals surface area contributed by atoms with Gasteiger partial charge in [0.15, 0.2) is 11.5 Å². The quantitative estimate of drug-likeness (QED) is 0.120. The van der Waals surface area contributed by atoms with Gasteiger partial charge >= 0.3 is 10.1 Å². The molecule has 4 aromatic rings. The number of alkyl halides is 1. The Morgan fingerprint density at radius 1 is 0.842 bits per heavy atom. The van der Waals surface area contributed by atoms with Gasteiger partial charge in [-0.3, -0.25) is 4.99 Å². The van der Waals surface area contributed by atoms with Crippen LogP contribution >= 0.6 is 15.9 Å². The van der Waals surface area contributed by atoms with Gasteiger partial charge in [0.25, 0.3) is 0 Å². The van der Waals surface area contributed by atoms with Gasteiger partial charge in [0.2, 0.25) is 0 Å². The summed E-state index contributed by atoms with van der Waals surface area (Å²) in [6.45, 7) is 6.60. The Balaban J connectivity index is 0.000000221. The fourth-order valence-electron chi connectivity index (χ4n) is 3.78. The van der Waals surface area contributed by atoms with E-state index in [1.807, 2.05) is 56.3 Å². The lowest BCUT2D eigenvalue weighted by Gasteiger charge is -2.14. The van der Waals surface area contributed by atoms with Gasteiger partial charge in [-0.05, 0) is 50.1 Å². The van der Waals surface area contributed by atoms with Crippen LogP contribution in [0, 0.1) is 13.8 Å². The molecule has 0 aliphatic carbocycles. The summed E-state index contributed by atoms with van der Waals surface area (Å²) in [7, 11) is -2.41. The van der Waals surface area contributed by atoms with E-state index in [1.165, 1.54) is 30.4 Å². The summed E-state index contributed by atoms with van der Waals surface area (Å²) in [5.74, 6) is 0.609. The third-order valence-corrected chi connectivity index (χ3v) is 7.47. The lowest BCUT2D eigenvalue weighted by molar-refractivity contribution is 0.387. The first-order chi connectivity index (χ1) is 18.3. The molecule has 0 unspecified atom stereocenters. The van der Waals surface area contributed by atoms with Crippen LogP contribution < -0.4 is 8.92 Å². The normalized spacial score (nSPS) is 10.7. The van der Waals surface area contributed by atoms with Crippen LogP contribution in [0.5, 0.6) is 11.5 Å². The van der Waals surface area contributed by atoms with E-state index < -0.39 is 10.1 Å². The van der Waals surface area contributed by atoms with Crippen molar-refractivity contribution in [2.45, 2.75) is 31.0 Å². The van der Waals surface area contributed by atoms with Crippen molar-refractivity contribution in [3.05, 3.63) is 125 Å². The van der Waals surface area contributed by atoms with E-state index in [1.54, 1.807) is 18.2 Å². The van der Waals surface area contributed by atoms with Gasteiger partial charge in [0, 0.05) is 23.0 Å². The number of aryl methyl sites for hydroxylation is 2. The van der Waals surface area contributed by atoms with Crippen LogP contribution in [0.25, 0.3) is 0 Å². The molecule has 198 valence electrons. The third-order valence-electron chi connectivity index (χ3n) is 5.58. The monoisotopic (exact) mass is 593 g/mol. The van der Waals surface area contributed by atoms with Crippen molar-refractivity contribution in [1.82, 2.24) is 0 Å². The molecule has 0 bridgehead atoms. The first-order valence-electron chi connectivity index (χ1n) is 12.2. The molecule has 5 nitrogen and oxygen atoms in total. The van der Waals surface area contributed by atoms with Gasteiger partial charge in [0.1, 0.15) is 4.90 Å². The molecule has 0 spiro atoms. The Bertz CT molecular complexity index is 1410. The zero-order valence-electron chi connectivity index (χ0n) is 22.0. The maximum absolute atomic E-state index is 12.4. The molecule has 0 aliphatic rings. The molecule has 4 rings (SSSR count). The van der Waals surface area contributed by atoms with E-state index in [0.29, 0.717) is 11.1 Å². The number of hydrogen-bond donors (Lipinski definition) is 0.